The van der Waals surface area contributed by atoms with Gasteiger partial charge in [0.05, 0.1) is 10.3 Å². The van der Waals surface area contributed by atoms with Crippen molar-refractivity contribution < 1.29 is 9.66 Å². The number of fused-ring (bicyclic) bond motifs is 3. The summed E-state index contributed by atoms with van der Waals surface area (Å²) < 4.78 is 6.94. The first-order valence-electron chi connectivity index (χ1n) is 11.3. The second kappa shape index (κ2) is 6.94. The number of para-hydroxylation sites is 1. The molecule has 0 aliphatic carbocycles. The molecule has 0 saturated carbocycles. The van der Waals surface area contributed by atoms with Crippen molar-refractivity contribution >= 4 is 28.2 Å². The van der Waals surface area contributed by atoms with Gasteiger partial charge in [-0.1, -0.05) is 54.6 Å². The molecule has 0 fully saturated rings. The Morgan fingerprint density at radius 3 is 2.41 bits per heavy atom. The number of benzene rings is 4. The average Bonchev–Trinajstić information content (AvgIpc) is 3.01. The second-order valence-electron chi connectivity index (χ2n) is 9.56. The van der Waals surface area contributed by atoms with Gasteiger partial charge in [0.2, 0.25) is 5.72 Å². The number of ether oxygens (including phenoxy) is 1. The summed E-state index contributed by atoms with van der Waals surface area (Å²) in [7, 11) is 2.05. The van der Waals surface area contributed by atoms with E-state index in [1.807, 2.05) is 49.5 Å². The van der Waals surface area contributed by atoms with Gasteiger partial charge in [0.15, 0.2) is 0 Å². The van der Waals surface area contributed by atoms with Crippen molar-refractivity contribution in [1.29, 1.82) is 0 Å². The summed E-state index contributed by atoms with van der Waals surface area (Å²) in [6, 6.07) is 25.8. The molecule has 6 rings (SSSR count). The van der Waals surface area contributed by atoms with Crippen molar-refractivity contribution in [3.05, 3.63) is 106 Å². The van der Waals surface area contributed by atoms with E-state index in [4.69, 9.17) is 4.74 Å². The number of nitro groups is 1. The summed E-state index contributed by atoms with van der Waals surface area (Å²) in [5, 5.41) is 14.0. The van der Waals surface area contributed by atoms with Crippen LogP contribution in [-0.2, 0) is 5.41 Å². The average molecular weight is 449 g/mol. The molecule has 0 N–H and O–H groups in total. The van der Waals surface area contributed by atoms with Gasteiger partial charge >= 0.3 is 0 Å². The maximum atomic E-state index is 11.8. The fourth-order valence-electron chi connectivity index (χ4n) is 5.54. The molecular weight excluding hydrogens is 424 g/mol. The molecule has 0 saturated heterocycles. The van der Waals surface area contributed by atoms with E-state index in [0.29, 0.717) is 11.3 Å². The molecule has 0 aromatic heterocycles. The Bertz CT molecular complexity index is 1520. The molecule has 2 aliphatic heterocycles. The minimum Gasteiger partial charge on any atom is -0.462 e. The van der Waals surface area contributed by atoms with Gasteiger partial charge in [0, 0.05) is 36.0 Å². The standard InChI is InChI=1S/C29H24N2O3/c1-28(2)25-10-6-7-11-26(25)30(3)29(28)15-14-22-17-23(31(32)33)18-24(27(22)34-29)21-13-12-19-8-4-5-9-20(19)16-21/h4-18H,1-3H3. The zero-order valence-corrected chi connectivity index (χ0v) is 19.3. The maximum absolute atomic E-state index is 11.8. The van der Waals surface area contributed by atoms with E-state index in [9.17, 15) is 10.1 Å². The number of hydrogen-bond donors (Lipinski definition) is 0. The number of nitro benzene ring substituents is 1. The van der Waals surface area contributed by atoms with Gasteiger partial charge in [-0.15, -0.1) is 0 Å². The molecule has 1 atom stereocenters. The monoisotopic (exact) mass is 448 g/mol. The summed E-state index contributed by atoms with van der Waals surface area (Å²) in [6.07, 6.45) is 4.02. The Morgan fingerprint density at radius 1 is 0.912 bits per heavy atom. The fraction of sp³-hybridized carbons (Fsp3) is 0.172. The molecular formula is C29H24N2O3. The molecule has 1 spiro atoms. The normalized spacial score (nSPS) is 19.7. The summed E-state index contributed by atoms with van der Waals surface area (Å²) in [6.45, 7) is 4.37. The van der Waals surface area contributed by atoms with E-state index in [-0.39, 0.29) is 16.0 Å². The third-order valence-electron chi connectivity index (χ3n) is 7.45. The van der Waals surface area contributed by atoms with Crippen LogP contribution in [0.15, 0.2) is 84.9 Å². The SMILES string of the molecule is CN1c2ccccc2C(C)(C)C12C=Cc1cc([N+](=O)[O-])cc(-c3ccc4ccccc4c3)c1O2. The van der Waals surface area contributed by atoms with Gasteiger partial charge < -0.3 is 9.64 Å². The predicted molar refractivity (Wildman–Crippen MR) is 136 cm³/mol. The van der Waals surface area contributed by atoms with Crippen LogP contribution in [0, 0.1) is 10.1 Å². The molecule has 1 unspecified atom stereocenters. The van der Waals surface area contributed by atoms with Crippen LogP contribution in [0.4, 0.5) is 11.4 Å². The van der Waals surface area contributed by atoms with Crippen LogP contribution in [0.1, 0.15) is 25.0 Å². The topological polar surface area (TPSA) is 55.6 Å². The van der Waals surface area contributed by atoms with Gasteiger partial charge in [-0.3, -0.25) is 10.1 Å². The Balaban J connectivity index is 1.57. The Morgan fingerprint density at radius 2 is 1.65 bits per heavy atom. The van der Waals surface area contributed by atoms with Gasteiger partial charge in [0.1, 0.15) is 5.75 Å². The Labute approximate surface area is 198 Å². The second-order valence-corrected chi connectivity index (χ2v) is 9.56. The van der Waals surface area contributed by atoms with Gasteiger partial charge in [-0.25, -0.2) is 0 Å². The zero-order valence-electron chi connectivity index (χ0n) is 19.3. The minimum absolute atomic E-state index is 0.0495. The lowest BCUT2D eigenvalue weighted by Gasteiger charge is -2.46. The highest BCUT2D eigenvalue weighted by Gasteiger charge is 2.57. The minimum atomic E-state index is -0.759. The summed E-state index contributed by atoms with van der Waals surface area (Å²) in [4.78, 5) is 13.6. The molecule has 0 radical (unpaired) electrons. The van der Waals surface area contributed by atoms with E-state index < -0.39 is 5.72 Å². The first kappa shape index (κ1) is 20.5. The lowest BCUT2D eigenvalue weighted by Crippen LogP contribution is -2.58. The number of likely N-dealkylation sites (N-methyl/N-ethyl adjacent to an activating group) is 1. The molecule has 0 bridgehead atoms. The molecule has 5 heteroatoms. The van der Waals surface area contributed by atoms with Crippen LogP contribution in [0.2, 0.25) is 0 Å². The lowest BCUT2D eigenvalue weighted by molar-refractivity contribution is -0.384. The van der Waals surface area contributed by atoms with Gasteiger partial charge in [-0.05, 0) is 60.0 Å². The van der Waals surface area contributed by atoms with Crippen molar-refractivity contribution in [2.45, 2.75) is 25.0 Å². The van der Waals surface area contributed by atoms with Crippen molar-refractivity contribution in [2.24, 2.45) is 0 Å². The first-order chi connectivity index (χ1) is 16.3. The molecule has 168 valence electrons. The smallest absolute Gasteiger partial charge is 0.270 e. The van der Waals surface area contributed by atoms with Crippen LogP contribution in [0.25, 0.3) is 28.0 Å². The van der Waals surface area contributed by atoms with Crippen LogP contribution in [-0.4, -0.2) is 17.7 Å². The molecule has 34 heavy (non-hydrogen) atoms. The molecule has 2 aliphatic rings. The van der Waals surface area contributed by atoms with Crippen molar-refractivity contribution in [3.63, 3.8) is 0 Å². The highest BCUT2D eigenvalue weighted by Crippen LogP contribution is 2.55. The van der Waals surface area contributed by atoms with E-state index in [0.717, 1.165) is 27.6 Å². The third-order valence-corrected chi connectivity index (χ3v) is 7.45. The molecule has 2 heterocycles. The summed E-state index contributed by atoms with van der Waals surface area (Å²) in [5.41, 5.74) is 3.59. The van der Waals surface area contributed by atoms with Crippen molar-refractivity contribution in [2.75, 3.05) is 11.9 Å². The predicted octanol–water partition coefficient (Wildman–Crippen LogP) is 6.94. The Hall–Kier alpha value is -4.12. The number of hydrogen-bond acceptors (Lipinski definition) is 4. The van der Waals surface area contributed by atoms with Crippen LogP contribution in [0.3, 0.4) is 0 Å². The number of rotatable bonds is 2. The molecule has 5 nitrogen and oxygen atoms in total. The largest absolute Gasteiger partial charge is 0.462 e. The van der Waals surface area contributed by atoms with E-state index in [1.54, 1.807) is 12.1 Å². The van der Waals surface area contributed by atoms with Gasteiger partial charge in [0.25, 0.3) is 5.69 Å². The highest BCUT2D eigenvalue weighted by atomic mass is 16.6. The maximum Gasteiger partial charge on any atom is 0.270 e. The van der Waals surface area contributed by atoms with Crippen molar-refractivity contribution in [3.8, 4) is 16.9 Å². The fourth-order valence-corrected chi connectivity index (χ4v) is 5.54. The summed E-state index contributed by atoms with van der Waals surface area (Å²) in [5.74, 6) is 0.663. The van der Waals surface area contributed by atoms with E-state index >= 15 is 0 Å². The summed E-state index contributed by atoms with van der Waals surface area (Å²) >= 11 is 0. The molecule has 4 aromatic carbocycles. The molecule has 4 aromatic rings. The number of anilines is 1. The highest BCUT2D eigenvalue weighted by molar-refractivity contribution is 5.90. The van der Waals surface area contributed by atoms with Gasteiger partial charge in [-0.2, -0.15) is 0 Å². The van der Waals surface area contributed by atoms with Crippen LogP contribution < -0.4 is 9.64 Å². The quantitative estimate of drug-likeness (QED) is 0.246. The first-order valence-corrected chi connectivity index (χ1v) is 11.3. The number of non-ortho nitro benzene ring substituents is 1. The van der Waals surface area contributed by atoms with E-state index in [2.05, 4.69) is 55.1 Å². The zero-order chi connectivity index (χ0) is 23.7. The van der Waals surface area contributed by atoms with Crippen molar-refractivity contribution in [1.82, 2.24) is 0 Å². The molecule has 0 amide bonds. The number of nitrogens with zero attached hydrogens (tertiary/aromatic N) is 2. The third kappa shape index (κ3) is 2.67. The van der Waals surface area contributed by atoms with Crippen LogP contribution >= 0.6 is 0 Å². The lowest BCUT2D eigenvalue weighted by atomic mass is 9.76. The van der Waals surface area contributed by atoms with E-state index in [1.165, 1.54) is 5.56 Å². The Kier molecular flexibility index (Phi) is 4.18. The van der Waals surface area contributed by atoms with Crippen LogP contribution in [0.5, 0.6) is 5.75 Å².